The Bertz CT molecular complexity index is 1320. The molecule has 3 fully saturated rings. The standard InChI is InChI=1S/C35H47N3O5S/c1-5-43-27-15-13-25(14-16-27)36-19-9-17-34(4)28(31(36)40)29-32(41)38(26(22-39)21-23(2)3)30-33(42)37(24-11-7-6-8-12-24)20-10-18-35(29,30)44-34/h9-10,13-18,23-24,26,28-30,39H,5-8,11-12,19-22H2,1-4H3/t26-,28-,29+,30?,34+,35+/m1/s1. The summed E-state index contributed by atoms with van der Waals surface area (Å²) in [4.78, 5) is 49.9. The Balaban J connectivity index is 1.44. The predicted molar refractivity (Wildman–Crippen MR) is 173 cm³/mol. The highest BCUT2D eigenvalue weighted by molar-refractivity contribution is 8.02. The van der Waals surface area contributed by atoms with Crippen molar-refractivity contribution in [3.63, 3.8) is 0 Å². The minimum atomic E-state index is -0.913. The number of benzene rings is 1. The number of anilines is 1. The molecule has 1 saturated carbocycles. The van der Waals surface area contributed by atoms with E-state index < -0.39 is 33.4 Å². The molecule has 1 aromatic rings. The van der Waals surface area contributed by atoms with Gasteiger partial charge in [0.05, 0.1) is 35.8 Å². The van der Waals surface area contributed by atoms with Gasteiger partial charge in [0.25, 0.3) is 0 Å². The lowest BCUT2D eigenvalue weighted by molar-refractivity contribution is -0.147. The SMILES string of the molecule is CCOc1ccc(N2CC=C[C@]3(C)S[C@]45C=CCN(C6CCCCC6)C(=O)C4N([C@@H](CO)CC(C)C)C(=O)[C@@H]5[C@@H]3C2=O)cc1. The molecular formula is C35H47N3O5S. The fourth-order valence-corrected chi connectivity index (χ4v) is 10.7. The van der Waals surface area contributed by atoms with Gasteiger partial charge in [0.2, 0.25) is 17.7 Å². The first-order chi connectivity index (χ1) is 21.1. The Labute approximate surface area is 265 Å². The minimum absolute atomic E-state index is 0.0349. The lowest BCUT2D eigenvalue weighted by Gasteiger charge is -2.42. The van der Waals surface area contributed by atoms with Crippen LogP contribution in [0.3, 0.4) is 0 Å². The number of amides is 3. The number of likely N-dealkylation sites (tertiary alicyclic amines) is 1. The molecule has 4 heterocycles. The maximum atomic E-state index is 14.9. The van der Waals surface area contributed by atoms with E-state index in [0.717, 1.165) is 37.1 Å². The molecule has 1 spiro atoms. The first-order valence-corrected chi connectivity index (χ1v) is 17.3. The van der Waals surface area contributed by atoms with Crippen molar-refractivity contribution in [1.29, 1.82) is 0 Å². The van der Waals surface area contributed by atoms with Gasteiger partial charge < -0.3 is 24.5 Å². The Morgan fingerprint density at radius 3 is 2.32 bits per heavy atom. The van der Waals surface area contributed by atoms with E-state index in [-0.39, 0.29) is 36.3 Å². The summed E-state index contributed by atoms with van der Waals surface area (Å²) in [6.45, 7) is 9.38. The Hall–Kier alpha value is -2.78. The summed E-state index contributed by atoms with van der Waals surface area (Å²) >= 11 is 1.61. The zero-order valence-electron chi connectivity index (χ0n) is 26.5. The molecule has 4 aliphatic heterocycles. The number of aliphatic hydroxyl groups is 1. The first kappa shape index (κ1) is 31.2. The molecule has 5 aliphatic rings. The number of rotatable bonds is 8. The predicted octanol–water partition coefficient (Wildman–Crippen LogP) is 4.81. The lowest BCUT2D eigenvalue weighted by Crippen LogP contribution is -2.58. The second-order valence-corrected chi connectivity index (χ2v) is 15.5. The highest BCUT2D eigenvalue weighted by Crippen LogP contribution is 2.66. The fraction of sp³-hybridized carbons (Fsp3) is 0.629. The van der Waals surface area contributed by atoms with Crippen LogP contribution in [0.25, 0.3) is 0 Å². The molecular weight excluding hydrogens is 574 g/mol. The summed E-state index contributed by atoms with van der Waals surface area (Å²) in [7, 11) is 0. The average Bonchev–Trinajstić information content (AvgIpc) is 3.28. The summed E-state index contributed by atoms with van der Waals surface area (Å²) in [5.74, 6) is -0.766. The van der Waals surface area contributed by atoms with Gasteiger partial charge in [-0.2, -0.15) is 0 Å². The van der Waals surface area contributed by atoms with Gasteiger partial charge in [0.15, 0.2) is 0 Å². The normalized spacial score (nSPS) is 32.9. The first-order valence-electron chi connectivity index (χ1n) is 16.5. The molecule has 238 valence electrons. The molecule has 3 amide bonds. The van der Waals surface area contributed by atoms with Crippen LogP contribution in [0.15, 0.2) is 48.6 Å². The smallest absolute Gasteiger partial charge is 0.247 e. The second kappa shape index (κ2) is 12.2. The van der Waals surface area contributed by atoms with Crippen molar-refractivity contribution in [2.24, 2.45) is 17.8 Å². The maximum absolute atomic E-state index is 14.9. The van der Waals surface area contributed by atoms with E-state index in [2.05, 4.69) is 39.0 Å². The van der Waals surface area contributed by atoms with Crippen LogP contribution >= 0.6 is 11.8 Å². The highest BCUT2D eigenvalue weighted by atomic mass is 32.2. The van der Waals surface area contributed by atoms with E-state index in [1.165, 1.54) is 6.42 Å². The van der Waals surface area contributed by atoms with Gasteiger partial charge in [-0.1, -0.05) is 57.4 Å². The number of aliphatic hydroxyl groups excluding tert-OH is 1. The number of ether oxygens (including phenoxy) is 1. The van der Waals surface area contributed by atoms with E-state index >= 15 is 0 Å². The van der Waals surface area contributed by atoms with Gasteiger partial charge in [0.1, 0.15) is 11.8 Å². The Morgan fingerprint density at radius 2 is 1.66 bits per heavy atom. The van der Waals surface area contributed by atoms with Crippen LogP contribution < -0.4 is 9.64 Å². The molecule has 2 saturated heterocycles. The van der Waals surface area contributed by atoms with Crippen molar-refractivity contribution in [1.82, 2.24) is 9.80 Å². The maximum Gasteiger partial charge on any atom is 0.247 e. The quantitative estimate of drug-likeness (QED) is 0.419. The van der Waals surface area contributed by atoms with Crippen molar-refractivity contribution < 1.29 is 24.2 Å². The van der Waals surface area contributed by atoms with Crippen LogP contribution in [0.5, 0.6) is 5.75 Å². The third-order valence-corrected chi connectivity index (χ3v) is 12.1. The average molecular weight is 622 g/mol. The molecule has 1 unspecified atom stereocenters. The van der Waals surface area contributed by atoms with Crippen LogP contribution in [0.1, 0.15) is 66.2 Å². The molecule has 44 heavy (non-hydrogen) atoms. The van der Waals surface area contributed by atoms with Gasteiger partial charge in [-0.3, -0.25) is 14.4 Å². The molecule has 1 aromatic carbocycles. The van der Waals surface area contributed by atoms with Gasteiger partial charge >= 0.3 is 0 Å². The Kier molecular flexibility index (Phi) is 8.65. The van der Waals surface area contributed by atoms with Crippen LogP contribution in [-0.4, -0.2) is 86.6 Å². The fourth-order valence-electron chi connectivity index (χ4n) is 8.53. The number of hydrogen-bond acceptors (Lipinski definition) is 6. The molecule has 0 bridgehead atoms. The van der Waals surface area contributed by atoms with Crippen molar-refractivity contribution >= 4 is 35.2 Å². The largest absolute Gasteiger partial charge is 0.494 e. The number of hydrogen-bond donors (Lipinski definition) is 1. The van der Waals surface area contributed by atoms with E-state index in [9.17, 15) is 19.5 Å². The van der Waals surface area contributed by atoms with Gasteiger partial charge in [-0.05, 0) is 63.3 Å². The molecule has 9 heteroatoms. The van der Waals surface area contributed by atoms with Crippen molar-refractivity contribution in [3.8, 4) is 5.75 Å². The van der Waals surface area contributed by atoms with Gasteiger partial charge in [0, 0.05) is 29.6 Å². The number of nitrogens with zero attached hydrogens (tertiary/aromatic N) is 3. The monoisotopic (exact) mass is 621 g/mol. The summed E-state index contributed by atoms with van der Waals surface area (Å²) in [5, 5.41) is 10.7. The zero-order chi connectivity index (χ0) is 31.2. The van der Waals surface area contributed by atoms with E-state index in [4.69, 9.17) is 4.74 Å². The van der Waals surface area contributed by atoms with E-state index in [0.29, 0.717) is 26.1 Å². The topological polar surface area (TPSA) is 90.4 Å². The third kappa shape index (κ3) is 5.08. The molecule has 1 N–H and O–H groups in total. The van der Waals surface area contributed by atoms with Gasteiger partial charge in [-0.25, -0.2) is 0 Å². The van der Waals surface area contributed by atoms with Crippen molar-refractivity contribution in [2.45, 2.75) is 93.8 Å². The number of carbonyl (C=O) groups excluding carboxylic acids is 3. The summed E-state index contributed by atoms with van der Waals surface area (Å²) < 4.78 is 4.03. The van der Waals surface area contributed by atoms with Crippen LogP contribution in [0.4, 0.5) is 5.69 Å². The lowest BCUT2D eigenvalue weighted by atomic mass is 9.74. The minimum Gasteiger partial charge on any atom is -0.494 e. The number of thioether (sulfide) groups is 1. The molecule has 0 radical (unpaired) electrons. The van der Waals surface area contributed by atoms with Crippen LogP contribution in [0, 0.1) is 17.8 Å². The third-order valence-electron chi connectivity index (χ3n) is 10.3. The second-order valence-electron chi connectivity index (χ2n) is 13.7. The number of carbonyl (C=O) groups is 3. The zero-order valence-corrected chi connectivity index (χ0v) is 27.3. The summed E-state index contributed by atoms with van der Waals surface area (Å²) in [6, 6.07) is 6.40. The van der Waals surface area contributed by atoms with E-state index in [1.807, 2.05) is 42.2 Å². The van der Waals surface area contributed by atoms with Crippen LogP contribution in [0.2, 0.25) is 0 Å². The summed E-state index contributed by atoms with van der Waals surface area (Å²) in [5.41, 5.74) is 0.751. The van der Waals surface area contributed by atoms with Crippen LogP contribution in [-0.2, 0) is 14.4 Å². The van der Waals surface area contributed by atoms with E-state index in [1.54, 1.807) is 21.6 Å². The van der Waals surface area contributed by atoms with Crippen molar-refractivity contribution in [3.05, 3.63) is 48.6 Å². The highest BCUT2D eigenvalue weighted by Gasteiger charge is 2.74. The van der Waals surface area contributed by atoms with Crippen molar-refractivity contribution in [2.75, 3.05) is 31.2 Å². The molecule has 1 aliphatic carbocycles. The van der Waals surface area contributed by atoms with Gasteiger partial charge in [-0.15, -0.1) is 11.8 Å². The molecule has 8 nitrogen and oxygen atoms in total. The molecule has 6 rings (SSSR count). The molecule has 6 atom stereocenters. The Morgan fingerprint density at radius 1 is 0.955 bits per heavy atom. The summed E-state index contributed by atoms with van der Waals surface area (Å²) in [6.07, 6.45) is 14.2. The number of fused-ring (bicyclic) bond motifs is 2. The molecule has 0 aromatic heterocycles.